The van der Waals surface area contributed by atoms with Crippen LogP contribution in [-0.4, -0.2) is 57.9 Å². The fourth-order valence-electron chi connectivity index (χ4n) is 3.48. The van der Waals surface area contributed by atoms with Crippen LogP contribution in [0.4, 0.5) is 5.69 Å². The number of methoxy groups -OCH3 is 1. The number of amides is 1. The monoisotopic (exact) mass is 541 g/mol. The van der Waals surface area contributed by atoms with E-state index in [1.807, 2.05) is 0 Å². The Bertz CT molecular complexity index is 1040. The zero-order valence-electron chi connectivity index (χ0n) is 19.7. The maximum atomic E-state index is 12.6. The maximum absolute atomic E-state index is 12.6. The lowest BCUT2D eigenvalue weighted by molar-refractivity contribution is -0.161. The third kappa shape index (κ3) is 7.90. The van der Waals surface area contributed by atoms with E-state index in [0.717, 1.165) is 6.26 Å². The van der Waals surface area contributed by atoms with E-state index in [2.05, 4.69) is 4.99 Å². The predicted octanol–water partition coefficient (Wildman–Crippen LogP) is 1.20. The number of hydrogen-bond donors (Lipinski definition) is 3. The average molecular weight is 542 g/mol. The van der Waals surface area contributed by atoms with E-state index in [4.69, 9.17) is 26.7 Å². The number of nitrogens with two attached hydrogens (primary N) is 3. The van der Waals surface area contributed by atoms with Crippen molar-refractivity contribution in [2.24, 2.45) is 28.1 Å². The standard InChI is InChI=1S/C20H31N5O6S.2ClH/c1-20(2,3)31-18(27)11-6-7-25(16(21)8-11)13-10-14(30-4)12(17(26)24-19(22)23)9-15(13)32(5,28)29;;/h9-11,16H,6-8,21H2,1-5H3,(H4,22,23,24,26);2*1H. The number of ether oxygens (including phenoxy) is 2. The van der Waals surface area contributed by atoms with Crippen molar-refractivity contribution in [2.75, 3.05) is 24.8 Å². The lowest BCUT2D eigenvalue weighted by Crippen LogP contribution is -2.50. The van der Waals surface area contributed by atoms with Crippen molar-refractivity contribution in [3.05, 3.63) is 17.7 Å². The number of rotatable bonds is 5. The number of sulfone groups is 1. The van der Waals surface area contributed by atoms with Gasteiger partial charge in [0.1, 0.15) is 11.4 Å². The molecule has 0 bridgehead atoms. The number of aliphatic imine (C=N–C) groups is 1. The molecule has 1 aliphatic heterocycles. The molecule has 34 heavy (non-hydrogen) atoms. The van der Waals surface area contributed by atoms with Gasteiger partial charge in [0, 0.05) is 18.9 Å². The van der Waals surface area contributed by atoms with Crippen LogP contribution < -0.4 is 26.8 Å². The molecule has 1 heterocycles. The highest BCUT2D eigenvalue weighted by Gasteiger charge is 2.35. The number of halogens is 2. The molecule has 0 radical (unpaired) electrons. The van der Waals surface area contributed by atoms with E-state index in [1.165, 1.54) is 19.2 Å². The zero-order valence-corrected chi connectivity index (χ0v) is 22.2. The molecule has 1 aromatic rings. The minimum atomic E-state index is -3.78. The van der Waals surface area contributed by atoms with E-state index in [1.54, 1.807) is 25.7 Å². The minimum Gasteiger partial charge on any atom is -0.496 e. The molecule has 2 rings (SSSR count). The van der Waals surface area contributed by atoms with Crippen LogP contribution in [0.15, 0.2) is 22.0 Å². The van der Waals surface area contributed by atoms with Crippen LogP contribution in [0.25, 0.3) is 0 Å². The Morgan fingerprint density at radius 1 is 1.18 bits per heavy atom. The molecular formula is C20H33Cl2N5O6S. The molecule has 0 spiro atoms. The smallest absolute Gasteiger partial charge is 0.309 e. The van der Waals surface area contributed by atoms with Crippen LogP contribution in [0.5, 0.6) is 5.75 Å². The van der Waals surface area contributed by atoms with Crippen molar-refractivity contribution in [3.8, 4) is 5.75 Å². The second-order valence-corrected chi connectivity index (χ2v) is 10.6. The number of hydrogen-bond acceptors (Lipinski definition) is 8. The first-order valence-electron chi connectivity index (χ1n) is 9.95. The highest BCUT2D eigenvalue weighted by atomic mass is 35.5. The van der Waals surface area contributed by atoms with E-state index in [-0.39, 0.29) is 59.1 Å². The number of carbonyl (C=O) groups is 2. The van der Waals surface area contributed by atoms with Crippen molar-refractivity contribution < 1.29 is 27.5 Å². The van der Waals surface area contributed by atoms with Crippen molar-refractivity contribution in [1.29, 1.82) is 0 Å². The minimum absolute atomic E-state index is 0. The Morgan fingerprint density at radius 2 is 1.76 bits per heavy atom. The number of piperidine rings is 1. The first-order valence-corrected chi connectivity index (χ1v) is 11.8. The lowest BCUT2D eigenvalue weighted by atomic mass is 9.93. The largest absolute Gasteiger partial charge is 0.496 e. The van der Waals surface area contributed by atoms with E-state index < -0.39 is 39.4 Å². The van der Waals surface area contributed by atoms with Crippen LogP contribution in [-0.2, 0) is 19.4 Å². The summed E-state index contributed by atoms with van der Waals surface area (Å²) in [5.74, 6) is -1.97. The molecule has 0 saturated carbocycles. The number of benzene rings is 1. The number of anilines is 1. The fraction of sp³-hybridized carbons (Fsp3) is 0.550. The van der Waals surface area contributed by atoms with Gasteiger partial charge in [-0.25, -0.2) is 8.42 Å². The highest BCUT2D eigenvalue weighted by molar-refractivity contribution is 7.90. The molecule has 6 N–H and O–H groups in total. The van der Waals surface area contributed by atoms with Crippen LogP contribution in [0.2, 0.25) is 0 Å². The second kappa shape index (κ2) is 11.9. The molecule has 0 aromatic heterocycles. The molecule has 2 unspecified atom stereocenters. The van der Waals surface area contributed by atoms with Crippen LogP contribution in [0.1, 0.15) is 44.0 Å². The van der Waals surface area contributed by atoms with Crippen molar-refractivity contribution >= 4 is 58.2 Å². The molecule has 0 aliphatic carbocycles. The quantitative estimate of drug-likeness (QED) is 0.278. The molecule has 11 nitrogen and oxygen atoms in total. The maximum Gasteiger partial charge on any atom is 0.309 e. The lowest BCUT2D eigenvalue weighted by Gasteiger charge is -2.39. The normalized spacial score (nSPS) is 18.1. The molecule has 1 aliphatic rings. The predicted molar refractivity (Wildman–Crippen MR) is 135 cm³/mol. The highest BCUT2D eigenvalue weighted by Crippen LogP contribution is 2.37. The topological polar surface area (TPSA) is 180 Å². The van der Waals surface area contributed by atoms with Gasteiger partial charge in [-0.15, -0.1) is 24.8 Å². The second-order valence-electron chi connectivity index (χ2n) is 8.65. The summed E-state index contributed by atoms with van der Waals surface area (Å²) >= 11 is 0. The van der Waals surface area contributed by atoms with Gasteiger partial charge in [0.05, 0.1) is 35.3 Å². The van der Waals surface area contributed by atoms with E-state index in [9.17, 15) is 18.0 Å². The van der Waals surface area contributed by atoms with Gasteiger partial charge in [0.25, 0.3) is 5.91 Å². The van der Waals surface area contributed by atoms with E-state index >= 15 is 0 Å². The van der Waals surface area contributed by atoms with Crippen LogP contribution in [0, 0.1) is 5.92 Å². The summed E-state index contributed by atoms with van der Waals surface area (Å²) < 4.78 is 35.8. The van der Waals surface area contributed by atoms with Gasteiger partial charge >= 0.3 is 5.97 Å². The van der Waals surface area contributed by atoms with Crippen LogP contribution in [0.3, 0.4) is 0 Å². The summed E-state index contributed by atoms with van der Waals surface area (Å²) in [5, 5.41) is 0. The SMILES string of the molecule is COc1cc(N2CCC(C(=O)OC(C)(C)C)CC2N)c(S(C)(=O)=O)cc1C(=O)N=C(N)N.Cl.Cl. The Balaban J connectivity index is 0.00000544. The summed E-state index contributed by atoms with van der Waals surface area (Å²) in [4.78, 5) is 29.9. The average Bonchev–Trinajstić information content (AvgIpc) is 2.64. The van der Waals surface area contributed by atoms with Crippen LogP contribution >= 0.6 is 24.8 Å². The summed E-state index contributed by atoms with van der Waals surface area (Å²) in [6.07, 6.45) is 1.05. The molecule has 1 fully saturated rings. The summed E-state index contributed by atoms with van der Waals surface area (Å²) in [5.41, 5.74) is 16.4. The molecule has 1 saturated heterocycles. The molecule has 1 amide bonds. The number of esters is 1. The van der Waals surface area contributed by atoms with Gasteiger partial charge in [-0.2, -0.15) is 4.99 Å². The number of guanidine groups is 1. The Hall–Kier alpha value is -2.28. The molecular weight excluding hydrogens is 509 g/mol. The van der Waals surface area contributed by atoms with E-state index in [0.29, 0.717) is 13.0 Å². The first-order chi connectivity index (χ1) is 14.6. The van der Waals surface area contributed by atoms with Gasteiger partial charge in [0.2, 0.25) is 0 Å². The van der Waals surface area contributed by atoms with Gasteiger partial charge in [-0.05, 0) is 39.7 Å². The Labute approximate surface area is 212 Å². The molecule has 14 heteroatoms. The Kier molecular flexibility index (Phi) is 11.1. The summed E-state index contributed by atoms with van der Waals surface area (Å²) in [6, 6.07) is 2.59. The molecule has 1 aromatic carbocycles. The number of nitrogens with zero attached hydrogens (tertiary/aromatic N) is 2. The van der Waals surface area contributed by atoms with Crippen molar-refractivity contribution in [3.63, 3.8) is 0 Å². The molecule has 2 atom stereocenters. The van der Waals surface area contributed by atoms with Gasteiger partial charge in [-0.1, -0.05) is 0 Å². The zero-order chi connectivity index (χ0) is 24.4. The summed E-state index contributed by atoms with van der Waals surface area (Å²) in [7, 11) is -2.44. The van der Waals surface area contributed by atoms with Crippen molar-refractivity contribution in [2.45, 2.75) is 50.3 Å². The first kappa shape index (κ1) is 31.7. The third-order valence-electron chi connectivity index (χ3n) is 4.84. The van der Waals surface area contributed by atoms with Crippen molar-refractivity contribution in [1.82, 2.24) is 0 Å². The van der Waals surface area contributed by atoms with Gasteiger partial charge < -0.3 is 31.6 Å². The number of carbonyl (C=O) groups excluding carboxylic acids is 2. The Morgan fingerprint density at radius 3 is 2.21 bits per heavy atom. The van der Waals surface area contributed by atoms with Gasteiger partial charge in [-0.3, -0.25) is 9.59 Å². The third-order valence-corrected chi connectivity index (χ3v) is 5.96. The molecule has 194 valence electrons. The van der Waals surface area contributed by atoms with Gasteiger partial charge in [0.15, 0.2) is 15.8 Å². The summed E-state index contributed by atoms with van der Waals surface area (Å²) in [6.45, 7) is 5.67. The fourth-order valence-corrected chi connectivity index (χ4v) is 4.37.